The van der Waals surface area contributed by atoms with Gasteiger partial charge in [0.25, 0.3) is 11.8 Å². The maximum atomic E-state index is 12.3. The van der Waals surface area contributed by atoms with Crippen molar-refractivity contribution >= 4 is 35.7 Å². The molecule has 0 aliphatic heterocycles. The van der Waals surface area contributed by atoms with Crippen molar-refractivity contribution in [2.45, 2.75) is 50.6 Å². The Bertz CT molecular complexity index is 1150. The van der Waals surface area contributed by atoms with Gasteiger partial charge in [-0.05, 0) is 74.2 Å². The standard InChI is InChI=1S/C28H32N2O12/c31-23(32)13-11-21(27(37)38)29-25(35)17-3-7-19(8-4-17)41-15-1-2-16-42-20-9-5-18(6-10-20)26(36)30-22(28(39)40)12-14-24(33)34/h3-10,21-22H,1-2,11-16H2,(H,29,35)(H,30,36)(H,31,32)(H,33,34)(H,37,38)(H,39,40)/t21-,22-/m0/s1. The number of nitrogens with one attached hydrogen (secondary N) is 2. The van der Waals surface area contributed by atoms with Crippen LogP contribution in [0.1, 0.15) is 59.2 Å². The summed E-state index contributed by atoms with van der Waals surface area (Å²) >= 11 is 0. The van der Waals surface area contributed by atoms with Crippen molar-refractivity contribution in [3.63, 3.8) is 0 Å². The number of carboxylic acids is 4. The Morgan fingerprint density at radius 3 is 1.19 bits per heavy atom. The molecule has 226 valence electrons. The van der Waals surface area contributed by atoms with Gasteiger partial charge in [0.1, 0.15) is 23.6 Å². The van der Waals surface area contributed by atoms with Gasteiger partial charge in [0.15, 0.2) is 0 Å². The monoisotopic (exact) mass is 588 g/mol. The molecule has 2 rings (SSSR count). The SMILES string of the molecule is O=C(O)CC[C@H](NC(=O)c1ccc(OCCCCOc2ccc(C(=O)N[C@@H](CCC(=O)O)C(=O)O)cc2)cc1)C(=O)O. The lowest BCUT2D eigenvalue weighted by Gasteiger charge is -2.14. The molecule has 0 radical (unpaired) electrons. The summed E-state index contributed by atoms with van der Waals surface area (Å²) in [6.07, 6.45) is 0.0105. The molecule has 2 amide bonds. The van der Waals surface area contributed by atoms with E-state index in [1.165, 1.54) is 24.3 Å². The van der Waals surface area contributed by atoms with Crippen LogP contribution in [-0.2, 0) is 19.2 Å². The lowest BCUT2D eigenvalue weighted by atomic mass is 10.1. The number of ether oxygens (including phenoxy) is 2. The van der Waals surface area contributed by atoms with Crippen LogP contribution in [-0.4, -0.2) is 81.4 Å². The van der Waals surface area contributed by atoms with Crippen LogP contribution in [0, 0.1) is 0 Å². The molecule has 2 aromatic rings. The first-order valence-corrected chi connectivity index (χ1v) is 12.9. The lowest BCUT2D eigenvalue weighted by molar-refractivity contribution is -0.142. The zero-order valence-electron chi connectivity index (χ0n) is 22.5. The summed E-state index contributed by atoms with van der Waals surface area (Å²) in [5, 5.41) is 40.4. The highest BCUT2D eigenvalue weighted by atomic mass is 16.5. The van der Waals surface area contributed by atoms with Gasteiger partial charge >= 0.3 is 23.9 Å². The van der Waals surface area contributed by atoms with Crippen molar-refractivity contribution < 1.29 is 58.7 Å². The normalized spacial score (nSPS) is 11.9. The topological polar surface area (TPSA) is 226 Å². The Kier molecular flexibility index (Phi) is 13.3. The van der Waals surface area contributed by atoms with Crippen molar-refractivity contribution in [2.75, 3.05) is 13.2 Å². The summed E-state index contributed by atoms with van der Waals surface area (Å²) in [4.78, 5) is 68.4. The molecule has 0 aromatic heterocycles. The first-order valence-electron chi connectivity index (χ1n) is 12.9. The van der Waals surface area contributed by atoms with E-state index < -0.39 is 60.6 Å². The van der Waals surface area contributed by atoms with Crippen LogP contribution in [0.3, 0.4) is 0 Å². The van der Waals surface area contributed by atoms with Crippen LogP contribution in [0.25, 0.3) is 0 Å². The zero-order chi connectivity index (χ0) is 31.1. The van der Waals surface area contributed by atoms with Gasteiger partial charge in [0.2, 0.25) is 0 Å². The number of hydrogen-bond donors (Lipinski definition) is 6. The van der Waals surface area contributed by atoms with Crippen molar-refractivity contribution in [2.24, 2.45) is 0 Å². The van der Waals surface area contributed by atoms with Gasteiger partial charge in [0, 0.05) is 24.0 Å². The molecule has 0 aliphatic carbocycles. The number of carbonyl (C=O) groups excluding carboxylic acids is 2. The maximum Gasteiger partial charge on any atom is 0.326 e. The Labute approximate surface area is 240 Å². The van der Waals surface area contributed by atoms with Crippen LogP contribution in [0.4, 0.5) is 0 Å². The molecule has 14 heteroatoms. The van der Waals surface area contributed by atoms with Gasteiger partial charge < -0.3 is 40.5 Å². The van der Waals surface area contributed by atoms with Crippen LogP contribution < -0.4 is 20.1 Å². The quantitative estimate of drug-likeness (QED) is 0.130. The maximum absolute atomic E-state index is 12.3. The highest BCUT2D eigenvalue weighted by Gasteiger charge is 2.22. The fraction of sp³-hybridized carbons (Fsp3) is 0.357. The largest absolute Gasteiger partial charge is 0.494 e. The smallest absolute Gasteiger partial charge is 0.326 e. The number of hydrogen-bond acceptors (Lipinski definition) is 8. The average molecular weight is 589 g/mol. The lowest BCUT2D eigenvalue weighted by Crippen LogP contribution is -2.41. The first kappa shape index (κ1) is 33.1. The van der Waals surface area contributed by atoms with Gasteiger partial charge in [-0.2, -0.15) is 0 Å². The van der Waals surface area contributed by atoms with E-state index in [2.05, 4.69) is 10.6 Å². The second-order valence-electron chi connectivity index (χ2n) is 9.05. The van der Waals surface area contributed by atoms with E-state index in [1.807, 2.05) is 0 Å². The van der Waals surface area contributed by atoms with Crippen molar-refractivity contribution in [3.05, 3.63) is 59.7 Å². The minimum Gasteiger partial charge on any atom is -0.494 e. The summed E-state index contributed by atoms with van der Waals surface area (Å²) < 4.78 is 11.3. The molecule has 6 N–H and O–H groups in total. The second kappa shape index (κ2) is 16.8. The Morgan fingerprint density at radius 2 is 0.905 bits per heavy atom. The predicted octanol–water partition coefficient (Wildman–Crippen LogP) is 2.02. The average Bonchev–Trinajstić information content (AvgIpc) is 2.94. The molecule has 14 nitrogen and oxygen atoms in total. The molecular weight excluding hydrogens is 556 g/mol. The van der Waals surface area contributed by atoms with Gasteiger partial charge in [-0.25, -0.2) is 9.59 Å². The molecule has 42 heavy (non-hydrogen) atoms. The summed E-state index contributed by atoms with van der Waals surface area (Å²) in [6.45, 7) is 0.716. The number of rotatable bonds is 19. The van der Waals surface area contributed by atoms with Crippen LogP contribution >= 0.6 is 0 Å². The Hall–Kier alpha value is -5.14. The number of amides is 2. The summed E-state index contributed by atoms with van der Waals surface area (Å²) in [7, 11) is 0. The second-order valence-corrected chi connectivity index (χ2v) is 9.05. The van der Waals surface area contributed by atoms with Crippen LogP contribution in [0.2, 0.25) is 0 Å². The molecule has 0 heterocycles. The summed E-state index contributed by atoms with van der Waals surface area (Å²) in [6, 6.07) is 9.44. The van der Waals surface area contributed by atoms with E-state index in [0.29, 0.717) is 37.6 Å². The number of aliphatic carboxylic acids is 4. The number of benzene rings is 2. The molecule has 0 spiro atoms. The van der Waals surface area contributed by atoms with Gasteiger partial charge in [-0.3, -0.25) is 19.2 Å². The van der Waals surface area contributed by atoms with E-state index in [1.54, 1.807) is 24.3 Å². The summed E-state index contributed by atoms with van der Waals surface area (Å²) in [5.41, 5.74) is 0.390. The molecule has 0 bridgehead atoms. The first-order chi connectivity index (χ1) is 20.0. The van der Waals surface area contributed by atoms with Gasteiger partial charge in [0.05, 0.1) is 13.2 Å². The molecule has 0 saturated heterocycles. The number of unbranched alkanes of at least 4 members (excludes halogenated alkanes) is 1. The van der Waals surface area contributed by atoms with E-state index >= 15 is 0 Å². The number of carboxylic acid groups (broad SMARTS) is 4. The predicted molar refractivity (Wildman–Crippen MR) is 145 cm³/mol. The third-order valence-electron chi connectivity index (χ3n) is 5.81. The van der Waals surface area contributed by atoms with E-state index in [9.17, 15) is 28.8 Å². The van der Waals surface area contributed by atoms with E-state index in [4.69, 9.17) is 29.9 Å². The van der Waals surface area contributed by atoms with Gasteiger partial charge in [-0.15, -0.1) is 0 Å². The highest BCUT2D eigenvalue weighted by Crippen LogP contribution is 2.15. The molecule has 0 saturated carbocycles. The molecule has 2 atom stereocenters. The Balaban J connectivity index is 1.70. The zero-order valence-corrected chi connectivity index (χ0v) is 22.5. The fourth-order valence-corrected chi connectivity index (χ4v) is 3.52. The molecule has 0 unspecified atom stereocenters. The third-order valence-corrected chi connectivity index (χ3v) is 5.81. The molecular formula is C28H32N2O12. The summed E-state index contributed by atoms with van der Waals surface area (Å²) in [5.74, 6) is -5.27. The fourth-order valence-electron chi connectivity index (χ4n) is 3.52. The van der Waals surface area contributed by atoms with Gasteiger partial charge in [-0.1, -0.05) is 0 Å². The van der Waals surface area contributed by atoms with Crippen molar-refractivity contribution in [1.82, 2.24) is 10.6 Å². The molecule has 0 fully saturated rings. The molecule has 2 aromatic carbocycles. The van der Waals surface area contributed by atoms with Crippen LogP contribution in [0.15, 0.2) is 48.5 Å². The highest BCUT2D eigenvalue weighted by molar-refractivity contribution is 5.97. The third kappa shape index (κ3) is 11.9. The van der Waals surface area contributed by atoms with E-state index in [-0.39, 0.29) is 24.0 Å². The van der Waals surface area contributed by atoms with Crippen LogP contribution in [0.5, 0.6) is 11.5 Å². The minimum absolute atomic E-state index is 0.195. The van der Waals surface area contributed by atoms with E-state index in [0.717, 1.165) is 0 Å². The van der Waals surface area contributed by atoms with Crippen molar-refractivity contribution in [1.29, 1.82) is 0 Å². The minimum atomic E-state index is -1.32. The number of carbonyl (C=O) groups is 6. The van der Waals surface area contributed by atoms with Crippen molar-refractivity contribution in [3.8, 4) is 11.5 Å². The molecule has 0 aliphatic rings. The Morgan fingerprint density at radius 1 is 0.571 bits per heavy atom.